The Morgan fingerprint density at radius 1 is 1.25 bits per heavy atom. The quantitative estimate of drug-likeness (QED) is 0.417. The van der Waals surface area contributed by atoms with Crippen molar-refractivity contribution >= 4 is 14.6 Å². The zero-order valence-corrected chi connectivity index (χ0v) is 11.3. The minimum Gasteiger partial charge on any atom is -0.398 e. The zero-order valence-electron chi connectivity index (χ0n) is 10.3. The maximum Gasteiger partial charge on any atom is 0.334 e. The van der Waals surface area contributed by atoms with Crippen LogP contribution in [-0.2, 0) is 8.85 Å². The van der Waals surface area contributed by atoms with Crippen molar-refractivity contribution in [3.8, 4) is 0 Å². The minimum absolute atomic E-state index is 0.177. The maximum atomic E-state index is 11.1. The molecule has 0 radical (unpaired) electrons. The standard InChI is InChI=1S/C9H23N3O3Si/c1-14-16(3,15-2)8-4-6-11-9(13)12-7-5-10/h4-8,10H2,1-3H3,(H2,11,12,13). The predicted molar refractivity (Wildman–Crippen MR) is 65.5 cm³/mol. The lowest BCUT2D eigenvalue weighted by Crippen LogP contribution is -2.40. The van der Waals surface area contributed by atoms with Gasteiger partial charge >= 0.3 is 14.6 Å². The van der Waals surface area contributed by atoms with E-state index < -0.39 is 8.56 Å². The number of hydrogen-bond acceptors (Lipinski definition) is 4. The summed E-state index contributed by atoms with van der Waals surface area (Å²) in [6, 6.07) is 0.681. The first-order valence-corrected chi connectivity index (χ1v) is 7.92. The van der Waals surface area contributed by atoms with Crippen LogP contribution >= 0.6 is 0 Å². The van der Waals surface area contributed by atoms with E-state index in [4.69, 9.17) is 14.6 Å². The molecule has 96 valence electrons. The first-order valence-electron chi connectivity index (χ1n) is 5.40. The molecule has 0 aliphatic carbocycles. The first-order chi connectivity index (χ1) is 7.58. The zero-order chi connectivity index (χ0) is 12.4. The van der Waals surface area contributed by atoms with E-state index >= 15 is 0 Å². The summed E-state index contributed by atoms with van der Waals surface area (Å²) in [5.74, 6) is 0. The van der Waals surface area contributed by atoms with Crippen molar-refractivity contribution in [3.63, 3.8) is 0 Å². The Kier molecular flexibility index (Phi) is 8.17. The van der Waals surface area contributed by atoms with Crippen LogP contribution < -0.4 is 16.4 Å². The van der Waals surface area contributed by atoms with Gasteiger partial charge in [0.15, 0.2) is 0 Å². The molecule has 0 aromatic heterocycles. The molecule has 0 bridgehead atoms. The molecule has 0 rings (SSSR count). The van der Waals surface area contributed by atoms with Gasteiger partial charge in [-0.15, -0.1) is 0 Å². The molecule has 0 aliphatic heterocycles. The van der Waals surface area contributed by atoms with Crippen LogP contribution in [0.1, 0.15) is 6.42 Å². The van der Waals surface area contributed by atoms with Gasteiger partial charge in [-0.05, 0) is 19.0 Å². The number of nitrogens with two attached hydrogens (primary N) is 1. The molecule has 0 heterocycles. The van der Waals surface area contributed by atoms with Crippen LogP contribution in [-0.4, -0.2) is 48.4 Å². The van der Waals surface area contributed by atoms with Crippen LogP contribution in [0.25, 0.3) is 0 Å². The molecule has 0 unspecified atom stereocenters. The molecule has 6 nitrogen and oxygen atoms in total. The Hall–Kier alpha value is -0.633. The maximum absolute atomic E-state index is 11.1. The third-order valence-electron chi connectivity index (χ3n) is 2.39. The van der Waals surface area contributed by atoms with Gasteiger partial charge in [0.2, 0.25) is 0 Å². The molecule has 0 fully saturated rings. The molecule has 7 heteroatoms. The molecule has 0 aromatic rings. The summed E-state index contributed by atoms with van der Waals surface area (Å²) in [6.45, 7) is 3.56. The summed E-state index contributed by atoms with van der Waals surface area (Å²) in [7, 11) is 1.34. The fourth-order valence-corrected chi connectivity index (χ4v) is 2.54. The number of urea groups is 1. The van der Waals surface area contributed by atoms with Crippen molar-refractivity contribution in [3.05, 3.63) is 0 Å². The molecule has 0 aliphatic rings. The number of nitrogens with one attached hydrogen (secondary N) is 2. The van der Waals surface area contributed by atoms with Crippen molar-refractivity contribution < 1.29 is 13.6 Å². The van der Waals surface area contributed by atoms with Gasteiger partial charge in [0, 0.05) is 33.9 Å². The third kappa shape index (κ3) is 6.78. The van der Waals surface area contributed by atoms with E-state index in [2.05, 4.69) is 10.6 Å². The van der Waals surface area contributed by atoms with E-state index in [1.165, 1.54) is 0 Å². The first kappa shape index (κ1) is 15.4. The Balaban J connectivity index is 3.55. The minimum atomic E-state index is -1.99. The highest BCUT2D eigenvalue weighted by Crippen LogP contribution is 2.12. The van der Waals surface area contributed by atoms with E-state index in [1.54, 1.807) is 14.2 Å². The average Bonchev–Trinajstić information content (AvgIpc) is 2.31. The van der Waals surface area contributed by atoms with Gasteiger partial charge in [0.05, 0.1) is 0 Å². The number of rotatable bonds is 8. The fourth-order valence-electron chi connectivity index (χ4n) is 1.15. The molecule has 0 aromatic carbocycles. The summed E-state index contributed by atoms with van der Waals surface area (Å²) >= 11 is 0. The molecule has 0 saturated heterocycles. The van der Waals surface area contributed by atoms with Gasteiger partial charge in [-0.25, -0.2) is 4.79 Å². The van der Waals surface area contributed by atoms with E-state index in [-0.39, 0.29) is 6.03 Å². The van der Waals surface area contributed by atoms with Crippen LogP contribution in [0.5, 0.6) is 0 Å². The van der Waals surface area contributed by atoms with Gasteiger partial charge in [-0.3, -0.25) is 0 Å². The summed E-state index contributed by atoms with van der Waals surface area (Å²) in [6.07, 6.45) is 0.848. The van der Waals surface area contributed by atoms with Crippen molar-refractivity contribution in [2.75, 3.05) is 33.9 Å². The lowest BCUT2D eigenvalue weighted by Gasteiger charge is -2.22. The van der Waals surface area contributed by atoms with Gasteiger partial charge in [-0.1, -0.05) is 0 Å². The van der Waals surface area contributed by atoms with E-state index in [1.807, 2.05) is 6.55 Å². The average molecular weight is 249 g/mol. The van der Waals surface area contributed by atoms with E-state index in [0.29, 0.717) is 19.6 Å². The highest BCUT2D eigenvalue weighted by molar-refractivity contribution is 6.65. The van der Waals surface area contributed by atoms with Gasteiger partial charge in [0.1, 0.15) is 0 Å². The van der Waals surface area contributed by atoms with Crippen molar-refractivity contribution in [2.24, 2.45) is 5.73 Å². The van der Waals surface area contributed by atoms with Crippen molar-refractivity contribution in [1.82, 2.24) is 10.6 Å². The van der Waals surface area contributed by atoms with Crippen LogP contribution in [0.2, 0.25) is 12.6 Å². The highest BCUT2D eigenvalue weighted by Gasteiger charge is 2.27. The van der Waals surface area contributed by atoms with Gasteiger partial charge in [-0.2, -0.15) is 0 Å². The lowest BCUT2D eigenvalue weighted by molar-refractivity contribution is 0.239. The number of carbonyl (C=O) groups excluding carboxylic acids is 1. The lowest BCUT2D eigenvalue weighted by atomic mass is 10.5. The Labute approximate surface area is 98.1 Å². The monoisotopic (exact) mass is 249 g/mol. The summed E-state index contributed by atoms with van der Waals surface area (Å²) in [5.41, 5.74) is 5.25. The molecule has 0 saturated carbocycles. The van der Waals surface area contributed by atoms with Crippen LogP contribution in [0.4, 0.5) is 4.79 Å². The predicted octanol–water partition coefficient (Wildman–Crippen LogP) is -0.000800. The van der Waals surface area contributed by atoms with E-state index in [9.17, 15) is 4.79 Å². The second-order valence-corrected chi connectivity index (χ2v) is 7.20. The largest absolute Gasteiger partial charge is 0.398 e. The molecular weight excluding hydrogens is 226 g/mol. The number of hydrogen-bond donors (Lipinski definition) is 3. The van der Waals surface area contributed by atoms with Gasteiger partial charge < -0.3 is 25.2 Å². The summed E-state index contributed by atoms with van der Waals surface area (Å²) < 4.78 is 10.7. The molecule has 0 spiro atoms. The van der Waals surface area contributed by atoms with Crippen LogP contribution in [0.15, 0.2) is 0 Å². The van der Waals surface area contributed by atoms with Crippen molar-refractivity contribution in [1.29, 1.82) is 0 Å². The third-order valence-corrected chi connectivity index (χ3v) is 5.38. The van der Waals surface area contributed by atoms with E-state index in [0.717, 1.165) is 12.5 Å². The molecule has 4 N–H and O–H groups in total. The molecule has 0 atom stereocenters. The number of amides is 2. The highest BCUT2D eigenvalue weighted by atomic mass is 28.4. The van der Waals surface area contributed by atoms with Crippen LogP contribution in [0, 0.1) is 0 Å². The Morgan fingerprint density at radius 3 is 2.31 bits per heavy atom. The Morgan fingerprint density at radius 2 is 1.81 bits per heavy atom. The summed E-state index contributed by atoms with van der Waals surface area (Å²) in [5, 5.41) is 5.38. The SMILES string of the molecule is CO[Si](C)(CCCNC(=O)NCCN)OC. The van der Waals surface area contributed by atoms with Crippen LogP contribution in [0.3, 0.4) is 0 Å². The Bertz CT molecular complexity index is 200. The topological polar surface area (TPSA) is 85.6 Å². The molecule has 2 amide bonds. The fraction of sp³-hybridized carbons (Fsp3) is 0.889. The molecule has 16 heavy (non-hydrogen) atoms. The second-order valence-electron chi connectivity index (χ2n) is 3.62. The summed E-state index contributed by atoms with van der Waals surface area (Å²) in [4.78, 5) is 11.1. The van der Waals surface area contributed by atoms with Gasteiger partial charge in [0.25, 0.3) is 0 Å². The normalized spacial score (nSPS) is 11.2. The second kappa shape index (κ2) is 8.51. The van der Waals surface area contributed by atoms with Crippen molar-refractivity contribution in [2.45, 2.75) is 19.0 Å². The molecular formula is C9H23N3O3Si. The smallest absolute Gasteiger partial charge is 0.334 e. The number of carbonyl (C=O) groups is 1.